The topological polar surface area (TPSA) is 4.36 Å². The first-order chi connectivity index (χ1) is 7.69. The van der Waals surface area contributed by atoms with Gasteiger partial charge in [0.15, 0.2) is 0 Å². The third-order valence-electron chi connectivity index (χ3n) is 1.78. The molecule has 2 atom stereocenters. The molecule has 17 heavy (non-hydrogen) atoms. The van der Waals surface area contributed by atoms with Crippen LogP contribution in [0.2, 0.25) is 0 Å². The van der Waals surface area contributed by atoms with Crippen LogP contribution in [0.15, 0.2) is 19.6 Å². The SMILES string of the molecule is [C-]#[N+]C(SC(F)(F)F)=C1C(F)C(Br)=C(Br)C1F. The van der Waals surface area contributed by atoms with Gasteiger partial charge in [0, 0.05) is 14.5 Å². The summed E-state index contributed by atoms with van der Waals surface area (Å²) in [6, 6.07) is 0. The molecule has 0 aromatic carbocycles. The van der Waals surface area contributed by atoms with Crippen molar-refractivity contribution in [3.05, 3.63) is 31.0 Å². The van der Waals surface area contributed by atoms with Gasteiger partial charge < -0.3 is 0 Å². The third-order valence-corrected chi connectivity index (χ3v) is 4.72. The van der Waals surface area contributed by atoms with E-state index in [1.165, 1.54) is 0 Å². The molecule has 94 valence electrons. The van der Waals surface area contributed by atoms with Crippen LogP contribution in [-0.4, -0.2) is 17.9 Å². The average Bonchev–Trinajstić information content (AvgIpc) is 2.40. The van der Waals surface area contributed by atoms with E-state index in [9.17, 15) is 22.0 Å². The second-order valence-electron chi connectivity index (χ2n) is 2.84. The number of allylic oxidation sites excluding steroid dienone is 3. The van der Waals surface area contributed by atoms with Crippen LogP contribution in [0.4, 0.5) is 22.0 Å². The van der Waals surface area contributed by atoms with Crippen molar-refractivity contribution >= 4 is 43.6 Å². The van der Waals surface area contributed by atoms with E-state index in [0.717, 1.165) is 0 Å². The molecular formula is C8H2Br2F5NS. The molecule has 9 heteroatoms. The minimum absolute atomic E-state index is 0.232. The van der Waals surface area contributed by atoms with Crippen molar-refractivity contribution in [1.29, 1.82) is 0 Å². The van der Waals surface area contributed by atoms with Gasteiger partial charge in [0.2, 0.25) is 5.03 Å². The molecule has 0 saturated carbocycles. The van der Waals surface area contributed by atoms with Crippen LogP contribution in [-0.2, 0) is 0 Å². The summed E-state index contributed by atoms with van der Waals surface area (Å²) in [5.41, 5.74) is -5.57. The van der Waals surface area contributed by atoms with E-state index in [1.807, 2.05) is 0 Å². The van der Waals surface area contributed by atoms with Gasteiger partial charge in [0.25, 0.3) is 0 Å². The van der Waals surface area contributed by atoms with E-state index in [1.54, 1.807) is 0 Å². The summed E-state index contributed by atoms with van der Waals surface area (Å²) in [5.74, 6) is 0. The highest BCUT2D eigenvalue weighted by Crippen LogP contribution is 2.48. The number of halogens is 7. The number of thioether (sulfide) groups is 1. The largest absolute Gasteiger partial charge is 0.435 e. The maximum Gasteiger partial charge on any atom is 0.435 e. The first-order valence-electron chi connectivity index (χ1n) is 3.89. The Morgan fingerprint density at radius 2 is 1.59 bits per heavy atom. The average molecular weight is 399 g/mol. The first-order valence-corrected chi connectivity index (χ1v) is 6.29. The van der Waals surface area contributed by atoms with Gasteiger partial charge >= 0.3 is 5.51 Å². The molecule has 0 fully saturated rings. The predicted molar refractivity (Wildman–Crippen MR) is 61.9 cm³/mol. The zero-order valence-electron chi connectivity index (χ0n) is 7.66. The normalized spacial score (nSPS) is 25.2. The monoisotopic (exact) mass is 397 g/mol. The molecule has 0 heterocycles. The third kappa shape index (κ3) is 3.23. The highest BCUT2D eigenvalue weighted by molar-refractivity contribution is 9.14. The van der Waals surface area contributed by atoms with Gasteiger partial charge in [-0.2, -0.15) is 13.2 Å². The molecular weight excluding hydrogens is 397 g/mol. The fourth-order valence-corrected chi connectivity index (χ4v) is 2.60. The van der Waals surface area contributed by atoms with E-state index >= 15 is 0 Å². The maximum absolute atomic E-state index is 13.5. The highest BCUT2D eigenvalue weighted by atomic mass is 79.9. The van der Waals surface area contributed by atoms with Crippen molar-refractivity contribution in [3.8, 4) is 0 Å². The molecule has 0 radical (unpaired) electrons. The van der Waals surface area contributed by atoms with Gasteiger partial charge in [-0.15, -0.1) is 0 Å². The molecule has 0 aromatic rings. The smallest absolute Gasteiger partial charge is 0.238 e. The zero-order valence-corrected chi connectivity index (χ0v) is 11.6. The zero-order chi connectivity index (χ0) is 13.4. The van der Waals surface area contributed by atoms with Crippen molar-refractivity contribution in [3.63, 3.8) is 0 Å². The Bertz CT molecular complexity index is 416. The lowest BCUT2D eigenvalue weighted by atomic mass is 10.2. The second-order valence-corrected chi connectivity index (χ2v) is 5.60. The Kier molecular flexibility index (Phi) is 4.66. The van der Waals surface area contributed by atoms with Crippen LogP contribution >= 0.6 is 43.6 Å². The number of hydrogen-bond acceptors (Lipinski definition) is 1. The number of rotatable bonds is 1. The quantitative estimate of drug-likeness (QED) is 0.441. The summed E-state index contributed by atoms with van der Waals surface area (Å²) >= 11 is 4.62. The molecule has 0 bridgehead atoms. The Labute approximate surface area is 114 Å². The molecule has 1 aliphatic carbocycles. The van der Waals surface area contributed by atoms with Gasteiger partial charge in [0.1, 0.15) is 12.3 Å². The van der Waals surface area contributed by atoms with Crippen LogP contribution in [0.25, 0.3) is 4.85 Å². The van der Waals surface area contributed by atoms with Crippen molar-refractivity contribution in [2.45, 2.75) is 17.9 Å². The van der Waals surface area contributed by atoms with Crippen LogP contribution < -0.4 is 0 Å². The predicted octanol–water partition coefficient (Wildman–Crippen LogP) is 5.06. The molecule has 0 N–H and O–H groups in total. The summed E-state index contributed by atoms with van der Waals surface area (Å²) in [6.07, 6.45) is -4.14. The van der Waals surface area contributed by atoms with Crippen LogP contribution in [0, 0.1) is 6.57 Å². The fraction of sp³-hybridized carbons (Fsp3) is 0.375. The Morgan fingerprint density at radius 1 is 1.18 bits per heavy atom. The maximum atomic E-state index is 13.5. The lowest BCUT2D eigenvalue weighted by Gasteiger charge is -2.11. The molecule has 0 saturated heterocycles. The summed E-state index contributed by atoms with van der Waals surface area (Å²) in [6.45, 7) is 6.58. The number of hydrogen-bond donors (Lipinski definition) is 0. The molecule has 2 unspecified atom stereocenters. The van der Waals surface area contributed by atoms with E-state index in [0.29, 0.717) is 0 Å². The van der Waals surface area contributed by atoms with Crippen LogP contribution in [0.5, 0.6) is 0 Å². The molecule has 0 aliphatic heterocycles. The Hall–Kier alpha value is -0.0700. The minimum atomic E-state index is -4.76. The minimum Gasteiger partial charge on any atom is -0.238 e. The molecule has 0 amide bonds. The fourth-order valence-electron chi connectivity index (χ4n) is 1.12. The van der Waals surface area contributed by atoms with Crippen molar-refractivity contribution in [2.24, 2.45) is 0 Å². The van der Waals surface area contributed by atoms with Gasteiger partial charge in [-0.05, 0) is 11.8 Å². The second kappa shape index (κ2) is 5.28. The van der Waals surface area contributed by atoms with Gasteiger partial charge in [0.05, 0.1) is 6.57 Å². The van der Waals surface area contributed by atoms with Crippen LogP contribution in [0.1, 0.15) is 0 Å². The lowest BCUT2D eigenvalue weighted by Crippen LogP contribution is -2.10. The summed E-state index contributed by atoms with van der Waals surface area (Å²) in [7, 11) is 0. The van der Waals surface area contributed by atoms with E-state index in [2.05, 4.69) is 36.7 Å². The summed E-state index contributed by atoms with van der Waals surface area (Å²) in [5, 5.41) is -1.02. The summed E-state index contributed by atoms with van der Waals surface area (Å²) < 4.78 is 62.9. The van der Waals surface area contributed by atoms with E-state index in [-0.39, 0.29) is 8.96 Å². The standard InChI is InChI=1S/C8H2Br2F5NS/c1-16-7(17-8(13,14)15)2-5(11)3(9)4(10)6(2)12/h5-6H. The highest BCUT2D eigenvalue weighted by Gasteiger charge is 2.42. The molecule has 0 spiro atoms. The van der Waals surface area contributed by atoms with Gasteiger partial charge in [-0.3, -0.25) is 0 Å². The Morgan fingerprint density at radius 3 is 1.88 bits per heavy atom. The molecule has 1 aliphatic rings. The van der Waals surface area contributed by atoms with Crippen molar-refractivity contribution < 1.29 is 22.0 Å². The molecule has 1 nitrogen and oxygen atoms in total. The molecule has 1 rings (SSSR count). The van der Waals surface area contributed by atoms with Gasteiger partial charge in [-0.1, -0.05) is 31.9 Å². The summed E-state index contributed by atoms with van der Waals surface area (Å²) in [4.78, 5) is 2.55. The first kappa shape index (κ1) is 15.0. The lowest BCUT2D eigenvalue weighted by molar-refractivity contribution is -0.0321. The molecule has 0 aromatic heterocycles. The van der Waals surface area contributed by atoms with Crippen molar-refractivity contribution in [2.75, 3.05) is 0 Å². The van der Waals surface area contributed by atoms with Gasteiger partial charge in [-0.25, -0.2) is 13.6 Å². The van der Waals surface area contributed by atoms with E-state index in [4.69, 9.17) is 6.57 Å². The number of alkyl halides is 5. The van der Waals surface area contributed by atoms with E-state index < -0.39 is 40.2 Å². The Balaban J connectivity index is 3.18. The van der Waals surface area contributed by atoms with Crippen LogP contribution in [0.3, 0.4) is 0 Å². The van der Waals surface area contributed by atoms with Crippen molar-refractivity contribution in [1.82, 2.24) is 0 Å². The number of nitrogens with zero attached hydrogens (tertiary/aromatic N) is 1.